The van der Waals surface area contributed by atoms with Crippen molar-refractivity contribution in [2.24, 2.45) is 0 Å². The van der Waals surface area contributed by atoms with Gasteiger partial charge in [-0.1, -0.05) is 25.1 Å². The maximum absolute atomic E-state index is 3.47. The smallest absolute Gasteiger partial charge is 0.0685 e. The largest absolute Gasteiger partial charge is 0.356 e. The van der Waals surface area contributed by atoms with Crippen molar-refractivity contribution in [2.75, 3.05) is 38.3 Å². The molecule has 0 amide bonds. The normalized spacial score (nSPS) is 17.9. The van der Waals surface area contributed by atoms with Crippen molar-refractivity contribution in [2.45, 2.75) is 25.8 Å². The minimum atomic E-state index is 0.669. The van der Waals surface area contributed by atoms with Crippen LogP contribution in [0.3, 0.4) is 0 Å². The molecule has 1 saturated heterocycles. The van der Waals surface area contributed by atoms with E-state index in [1.54, 1.807) is 0 Å². The molecular weight excluding hydrogens is 222 g/mol. The lowest BCUT2D eigenvalue weighted by Gasteiger charge is -2.38. The van der Waals surface area contributed by atoms with Crippen LogP contribution < -0.4 is 10.2 Å². The Morgan fingerprint density at radius 3 is 2.50 bits per heavy atom. The molecule has 100 valence electrons. The van der Waals surface area contributed by atoms with Gasteiger partial charge < -0.3 is 15.1 Å². The highest BCUT2D eigenvalue weighted by Gasteiger charge is 2.22. The predicted octanol–water partition coefficient (Wildman–Crippen LogP) is 2.15. The molecule has 0 atom stereocenters. The van der Waals surface area contributed by atoms with Crippen molar-refractivity contribution in [1.29, 1.82) is 0 Å². The van der Waals surface area contributed by atoms with Gasteiger partial charge in [0.05, 0.1) is 6.67 Å². The van der Waals surface area contributed by atoms with E-state index >= 15 is 0 Å². The van der Waals surface area contributed by atoms with Gasteiger partial charge in [0.25, 0.3) is 0 Å². The summed E-state index contributed by atoms with van der Waals surface area (Å²) in [6, 6.07) is 11.4. The molecule has 1 aromatic carbocycles. The van der Waals surface area contributed by atoms with Crippen molar-refractivity contribution in [1.82, 2.24) is 10.2 Å². The molecule has 0 aliphatic carbocycles. The zero-order chi connectivity index (χ0) is 12.8. The minimum Gasteiger partial charge on any atom is -0.356 e. The van der Waals surface area contributed by atoms with Gasteiger partial charge in [-0.2, -0.15) is 0 Å². The first-order valence-electron chi connectivity index (χ1n) is 7.02. The molecule has 0 saturated carbocycles. The Hall–Kier alpha value is -1.06. The van der Waals surface area contributed by atoms with Gasteiger partial charge in [-0.05, 0) is 51.7 Å². The molecule has 1 heterocycles. The van der Waals surface area contributed by atoms with Gasteiger partial charge in [-0.15, -0.1) is 0 Å². The van der Waals surface area contributed by atoms with E-state index in [2.05, 4.69) is 59.4 Å². The molecular formula is C15H25N3. The van der Waals surface area contributed by atoms with Crippen LogP contribution in [0.15, 0.2) is 30.3 Å². The summed E-state index contributed by atoms with van der Waals surface area (Å²) in [4.78, 5) is 4.95. The first-order valence-corrected chi connectivity index (χ1v) is 7.02. The van der Waals surface area contributed by atoms with E-state index in [0.717, 1.165) is 13.2 Å². The molecule has 1 aromatic rings. The monoisotopic (exact) mass is 247 g/mol. The van der Waals surface area contributed by atoms with E-state index in [9.17, 15) is 0 Å². The number of nitrogens with one attached hydrogen (secondary N) is 1. The van der Waals surface area contributed by atoms with Crippen molar-refractivity contribution in [3.05, 3.63) is 30.3 Å². The van der Waals surface area contributed by atoms with Gasteiger partial charge in [0.1, 0.15) is 0 Å². The Morgan fingerprint density at radius 2 is 1.89 bits per heavy atom. The fraction of sp³-hybridized carbons (Fsp3) is 0.600. The fourth-order valence-electron chi connectivity index (χ4n) is 2.59. The summed E-state index contributed by atoms with van der Waals surface area (Å²) in [5, 5.41) is 3.47. The third-order valence-corrected chi connectivity index (χ3v) is 3.75. The van der Waals surface area contributed by atoms with Crippen LogP contribution in [0.1, 0.15) is 19.8 Å². The number of rotatable bonds is 5. The summed E-state index contributed by atoms with van der Waals surface area (Å²) < 4.78 is 0. The summed E-state index contributed by atoms with van der Waals surface area (Å²) in [5.74, 6) is 0. The van der Waals surface area contributed by atoms with Gasteiger partial charge in [-0.25, -0.2) is 0 Å². The molecule has 1 fully saturated rings. The number of piperidine rings is 1. The van der Waals surface area contributed by atoms with Gasteiger partial charge in [0.2, 0.25) is 0 Å². The highest BCUT2D eigenvalue weighted by molar-refractivity contribution is 5.47. The number of para-hydroxylation sites is 1. The van der Waals surface area contributed by atoms with E-state index in [1.165, 1.54) is 31.6 Å². The Morgan fingerprint density at radius 1 is 1.22 bits per heavy atom. The summed E-state index contributed by atoms with van der Waals surface area (Å²) in [6.45, 7) is 6.56. The van der Waals surface area contributed by atoms with Crippen LogP contribution in [0, 0.1) is 0 Å². The summed E-state index contributed by atoms with van der Waals surface area (Å²) in [7, 11) is 2.22. The minimum absolute atomic E-state index is 0.669. The van der Waals surface area contributed by atoms with E-state index in [-0.39, 0.29) is 0 Å². The zero-order valence-corrected chi connectivity index (χ0v) is 11.6. The van der Waals surface area contributed by atoms with Gasteiger partial charge in [0, 0.05) is 11.7 Å². The standard InChI is InChI=1S/C15H25N3/c1-3-16-13-18(14-7-5-4-6-8-14)15-9-11-17(2)12-10-15/h4-8,15-16H,3,9-13H2,1-2H3. The fourth-order valence-corrected chi connectivity index (χ4v) is 2.59. The first kappa shape index (κ1) is 13.4. The van der Waals surface area contributed by atoms with Crippen molar-refractivity contribution in [3.63, 3.8) is 0 Å². The first-order chi connectivity index (χ1) is 8.81. The van der Waals surface area contributed by atoms with E-state index in [4.69, 9.17) is 0 Å². The van der Waals surface area contributed by atoms with Crippen LogP contribution in [0.25, 0.3) is 0 Å². The van der Waals surface area contributed by atoms with E-state index in [0.29, 0.717) is 6.04 Å². The third kappa shape index (κ3) is 3.47. The molecule has 18 heavy (non-hydrogen) atoms. The van der Waals surface area contributed by atoms with Crippen LogP contribution in [-0.2, 0) is 0 Å². The second-order valence-electron chi connectivity index (χ2n) is 5.10. The van der Waals surface area contributed by atoms with Gasteiger partial charge >= 0.3 is 0 Å². The van der Waals surface area contributed by atoms with Crippen LogP contribution >= 0.6 is 0 Å². The number of likely N-dealkylation sites (tertiary alicyclic amines) is 1. The molecule has 0 radical (unpaired) electrons. The van der Waals surface area contributed by atoms with Crippen molar-refractivity contribution in [3.8, 4) is 0 Å². The lowest BCUT2D eigenvalue weighted by molar-refractivity contribution is 0.248. The maximum atomic E-state index is 3.47. The van der Waals surface area contributed by atoms with E-state index in [1.807, 2.05) is 0 Å². The zero-order valence-electron chi connectivity index (χ0n) is 11.6. The van der Waals surface area contributed by atoms with Crippen LogP contribution in [0.2, 0.25) is 0 Å². The Labute approximate surface area is 111 Å². The molecule has 1 aliphatic rings. The number of nitrogens with zero attached hydrogens (tertiary/aromatic N) is 2. The van der Waals surface area contributed by atoms with Gasteiger partial charge in [-0.3, -0.25) is 0 Å². The molecule has 0 aromatic heterocycles. The lowest BCUT2D eigenvalue weighted by atomic mass is 10.0. The van der Waals surface area contributed by atoms with Crippen molar-refractivity contribution < 1.29 is 0 Å². The number of anilines is 1. The Bertz CT molecular complexity index is 331. The Balaban J connectivity index is 2.05. The average Bonchev–Trinajstić information content (AvgIpc) is 2.42. The van der Waals surface area contributed by atoms with E-state index < -0.39 is 0 Å². The predicted molar refractivity (Wildman–Crippen MR) is 78.0 cm³/mol. The number of hydrogen-bond acceptors (Lipinski definition) is 3. The highest BCUT2D eigenvalue weighted by Crippen LogP contribution is 2.22. The molecule has 1 aliphatic heterocycles. The molecule has 1 N–H and O–H groups in total. The van der Waals surface area contributed by atoms with Crippen LogP contribution in [-0.4, -0.2) is 44.3 Å². The second-order valence-corrected chi connectivity index (χ2v) is 5.10. The number of benzene rings is 1. The average molecular weight is 247 g/mol. The summed E-state index contributed by atoms with van der Waals surface area (Å²) >= 11 is 0. The molecule has 0 unspecified atom stereocenters. The third-order valence-electron chi connectivity index (χ3n) is 3.75. The summed E-state index contributed by atoms with van der Waals surface area (Å²) in [6.07, 6.45) is 2.52. The lowest BCUT2D eigenvalue weighted by Crippen LogP contribution is -2.47. The topological polar surface area (TPSA) is 18.5 Å². The number of hydrogen-bond donors (Lipinski definition) is 1. The van der Waals surface area contributed by atoms with Crippen molar-refractivity contribution >= 4 is 5.69 Å². The highest BCUT2D eigenvalue weighted by atomic mass is 15.3. The van der Waals surface area contributed by atoms with Gasteiger partial charge in [0.15, 0.2) is 0 Å². The van der Waals surface area contributed by atoms with Crippen LogP contribution in [0.5, 0.6) is 0 Å². The second kappa shape index (κ2) is 6.76. The molecule has 3 heteroatoms. The maximum Gasteiger partial charge on any atom is 0.0685 e. The quantitative estimate of drug-likeness (QED) is 0.804. The molecule has 2 rings (SSSR count). The Kier molecular flexibility index (Phi) is 5.02. The molecule has 0 bridgehead atoms. The molecule has 3 nitrogen and oxygen atoms in total. The molecule has 0 spiro atoms. The SMILES string of the molecule is CCNCN(c1ccccc1)C1CCN(C)CC1. The summed E-state index contributed by atoms with van der Waals surface area (Å²) in [5.41, 5.74) is 1.34. The van der Waals surface area contributed by atoms with Crippen LogP contribution in [0.4, 0.5) is 5.69 Å².